The Bertz CT molecular complexity index is 400. The number of benzene rings is 1. The van der Waals surface area contributed by atoms with E-state index in [0.717, 1.165) is 12.8 Å². The fourth-order valence-corrected chi connectivity index (χ4v) is 3.04. The number of thioether (sulfide) groups is 1. The van der Waals surface area contributed by atoms with Crippen LogP contribution >= 0.6 is 23.4 Å². The second-order valence-corrected chi connectivity index (χ2v) is 5.43. The van der Waals surface area contributed by atoms with E-state index < -0.39 is 11.2 Å². The molecule has 3 nitrogen and oxygen atoms in total. The monoisotopic (exact) mass is 257 g/mol. The third-order valence-corrected chi connectivity index (χ3v) is 4.49. The summed E-state index contributed by atoms with van der Waals surface area (Å²) in [7, 11) is 0. The molecule has 1 unspecified atom stereocenters. The van der Waals surface area contributed by atoms with Crippen LogP contribution in [0.15, 0.2) is 23.1 Å². The number of carboxylic acids is 1. The van der Waals surface area contributed by atoms with Crippen LogP contribution < -0.4 is 5.73 Å². The summed E-state index contributed by atoms with van der Waals surface area (Å²) in [5.41, 5.74) is 6.34. The summed E-state index contributed by atoms with van der Waals surface area (Å²) in [4.78, 5) is 11.8. The summed E-state index contributed by atoms with van der Waals surface area (Å²) < 4.78 is 0. The van der Waals surface area contributed by atoms with Crippen LogP contribution in [0, 0.1) is 5.92 Å². The number of hydrogen-bond donors (Lipinski definition) is 2. The molecule has 1 atom stereocenters. The largest absolute Gasteiger partial charge is 0.480 e. The molecule has 5 heteroatoms. The van der Waals surface area contributed by atoms with Crippen LogP contribution in [-0.2, 0) is 4.79 Å². The van der Waals surface area contributed by atoms with Gasteiger partial charge < -0.3 is 10.8 Å². The maximum absolute atomic E-state index is 11.1. The molecule has 2 rings (SSSR count). The standard InChI is InChI=1S/C11H12ClNO2S/c12-7-2-1-3-8(13)10(7)16-9(11(14)15)6-4-5-6/h1-3,6,9H,4-5,13H2,(H,14,15). The molecule has 0 radical (unpaired) electrons. The van der Waals surface area contributed by atoms with Crippen LogP contribution in [-0.4, -0.2) is 16.3 Å². The Labute approximate surface area is 103 Å². The quantitative estimate of drug-likeness (QED) is 0.643. The van der Waals surface area contributed by atoms with E-state index in [1.54, 1.807) is 18.2 Å². The summed E-state index contributed by atoms with van der Waals surface area (Å²) in [6, 6.07) is 5.22. The van der Waals surface area contributed by atoms with E-state index in [4.69, 9.17) is 22.4 Å². The molecule has 1 aliphatic carbocycles. The number of hydrogen-bond acceptors (Lipinski definition) is 3. The second-order valence-electron chi connectivity index (χ2n) is 3.87. The minimum Gasteiger partial charge on any atom is -0.480 e. The highest BCUT2D eigenvalue weighted by Crippen LogP contribution is 2.45. The molecule has 1 aromatic carbocycles. The van der Waals surface area contributed by atoms with Gasteiger partial charge in [-0.25, -0.2) is 0 Å². The Kier molecular flexibility index (Phi) is 3.30. The fourth-order valence-electron chi connectivity index (χ4n) is 1.52. The third kappa shape index (κ3) is 2.44. The lowest BCUT2D eigenvalue weighted by Crippen LogP contribution is -2.18. The van der Waals surface area contributed by atoms with Gasteiger partial charge in [0.05, 0.1) is 5.02 Å². The Morgan fingerprint density at radius 2 is 2.25 bits per heavy atom. The van der Waals surface area contributed by atoms with Gasteiger partial charge in [-0.1, -0.05) is 17.7 Å². The van der Waals surface area contributed by atoms with Gasteiger partial charge in [-0.3, -0.25) is 4.79 Å². The van der Waals surface area contributed by atoms with Gasteiger partial charge in [0, 0.05) is 10.6 Å². The topological polar surface area (TPSA) is 63.3 Å². The minimum atomic E-state index is -0.785. The SMILES string of the molecule is Nc1cccc(Cl)c1SC(C(=O)O)C1CC1. The first kappa shape index (κ1) is 11.6. The molecule has 1 fully saturated rings. The van der Waals surface area contributed by atoms with Crippen molar-refractivity contribution in [1.82, 2.24) is 0 Å². The van der Waals surface area contributed by atoms with E-state index in [2.05, 4.69) is 0 Å². The van der Waals surface area contributed by atoms with Gasteiger partial charge in [0.15, 0.2) is 0 Å². The maximum atomic E-state index is 11.1. The Hall–Kier alpha value is -0.870. The zero-order valence-corrected chi connectivity index (χ0v) is 10.1. The van der Waals surface area contributed by atoms with Crippen molar-refractivity contribution >= 4 is 35.0 Å². The van der Waals surface area contributed by atoms with Crippen LogP contribution in [0.2, 0.25) is 5.02 Å². The lowest BCUT2D eigenvalue weighted by Gasteiger charge is -2.13. The summed E-state index contributed by atoms with van der Waals surface area (Å²) in [6.07, 6.45) is 1.96. The van der Waals surface area contributed by atoms with Crippen LogP contribution in [0.1, 0.15) is 12.8 Å². The number of carboxylic acid groups (broad SMARTS) is 1. The van der Waals surface area contributed by atoms with E-state index in [-0.39, 0.29) is 5.92 Å². The summed E-state index contributed by atoms with van der Waals surface area (Å²) in [5, 5.41) is 9.22. The molecule has 0 spiro atoms. The van der Waals surface area contributed by atoms with Gasteiger partial charge in [-0.2, -0.15) is 0 Å². The predicted octanol–water partition coefficient (Wildman–Crippen LogP) is 2.88. The highest BCUT2D eigenvalue weighted by Gasteiger charge is 2.37. The zero-order chi connectivity index (χ0) is 11.7. The first-order valence-corrected chi connectivity index (χ1v) is 6.29. The number of rotatable bonds is 4. The number of anilines is 1. The van der Waals surface area contributed by atoms with Crippen LogP contribution in [0.5, 0.6) is 0 Å². The van der Waals surface area contributed by atoms with Gasteiger partial charge in [-0.15, -0.1) is 11.8 Å². The van der Waals surface area contributed by atoms with Crippen molar-refractivity contribution in [2.75, 3.05) is 5.73 Å². The smallest absolute Gasteiger partial charge is 0.317 e. The van der Waals surface area contributed by atoms with Crippen molar-refractivity contribution < 1.29 is 9.90 Å². The van der Waals surface area contributed by atoms with Crippen LogP contribution in [0.4, 0.5) is 5.69 Å². The molecule has 3 N–H and O–H groups in total. The summed E-state index contributed by atoms with van der Waals surface area (Å²) in [5.74, 6) is -0.523. The van der Waals surface area contributed by atoms with Gasteiger partial charge >= 0.3 is 5.97 Å². The molecular weight excluding hydrogens is 246 g/mol. The van der Waals surface area contributed by atoms with Crippen molar-refractivity contribution in [3.05, 3.63) is 23.2 Å². The first-order chi connectivity index (χ1) is 7.59. The van der Waals surface area contributed by atoms with Crippen LogP contribution in [0.3, 0.4) is 0 Å². The molecule has 0 heterocycles. The summed E-state index contributed by atoms with van der Waals surface area (Å²) in [6.45, 7) is 0. The van der Waals surface area contributed by atoms with Gasteiger partial charge in [0.1, 0.15) is 5.25 Å². The third-order valence-electron chi connectivity index (χ3n) is 2.54. The Morgan fingerprint density at radius 3 is 2.75 bits per heavy atom. The van der Waals surface area contributed by atoms with Crippen molar-refractivity contribution in [2.45, 2.75) is 23.0 Å². The average Bonchev–Trinajstić information content (AvgIpc) is 3.00. The van der Waals surface area contributed by atoms with Crippen molar-refractivity contribution in [3.8, 4) is 0 Å². The molecular formula is C11H12ClNO2S. The van der Waals surface area contributed by atoms with Crippen molar-refractivity contribution in [2.24, 2.45) is 5.92 Å². The number of halogens is 1. The number of carbonyl (C=O) groups is 1. The molecule has 0 aliphatic heterocycles. The fraction of sp³-hybridized carbons (Fsp3) is 0.364. The van der Waals surface area contributed by atoms with Gasteiger partial charge in [0.25, 0.3) is 0 Å². The highest BCUT2D eigenvalue weighted by atomic mass is 35.5. The van der Waals surface area contributed by atoms with Crippen molar-refractivity contribution in [3.63, 3.8) is 0 Å². The molecule has 1 aromatic rings. The molecule has 1 aliphatic rings. The first-order valence-electron chi connectivity index (χ1n) is 5.03. The predicted molar refractivity (Wildman–Crippen MR) is 65.9 cm³/mol. The number of nitrogen functional groups attached to an aromatic ring is 1. The number of aliphatic carboxylic acids is 1. The van der Waals surface area contributed by atoms with Crippen molar-refractivity contribution in [1.29, 1.82) is 0 Å². The van der Waals surface area contributed by atoms with E-state index in [0.29, 0.717) is 15.6 Å². The minimum absolute atomic E-state index is 0.262. The molecule has 0 aromatic heterocycles. The maximum Gasteiger partial charge on any atom is 0.317 e. The normalized spacial score (nSPS) is 17.1. The number of nitrogens with two attached hydrogens (primary N) is 1. The highest BCUT2D eigenvalue weighted by molar-refractivity contribution is 8.00. The molecule has 0 amide bonds. The molecule has 86 valence electrons. The summed E-state index contributed by atoms with van der Waals surface area (Å²) >= 11 is 7.27. The van der Waals surface area contributed by atoms with Gasteiger partial charge in [-0.05, 0) is 30.9 Å². The van der Waals surface area contributed by atoms with E-state index in [1.807, 2.05) is 0 Å². The molecule has 0 saturated heterocycles. The van der Waals surface area contributed by atoms with E-state index in [9.17, 15) is 4.79 Å². The average molecular weight is 258 g/mol. The Morgan fingerprint density at radius 1 is 1.56 bits per heavy atom. The lowest BCUT2D eigenvalue weighted by atomic mass is 10.3. The zero-order valence-electron chi connectivity index (χ0n) is 8.52. The molecule has 0 bridgehead atoms. The Balaban J connectivity index is 2.21. The van der Waals surface area contributed by atoms with Crippen LogP contribution in [0.25, 0.3) is 0 Å². The van der Waals surface area contributed by atoms with E-state index >= 15 is 0 Å². The second kappa shape index (κ2) is 4.55. The molecule has 16 heavy (non-hydrogen) atoms. The van der Waals surface area contributed by atoms with Gasteiger partial charge in [0.2, 0.25) is 0 Å². The molecule has 1 saturated carbocycles. The van der Waals surface area contributed by atoms with E-state index in [1.165, 1.54) is 11.8 Å². The lowest BCUT2D eigenvalue weighted by molar-refractivity contribution is -0.136.